The first kappa shape index (κ1) is 22.8. The second-order valence-corrected chi connectivity index (χ2v) is 8.38. The van der Waals surface area contributed by atoms with Crippen LogP contribution in [-0.4, -0.2) is 42.1 Å². The van der Waals surface area contributed by atoms with Crippen LogP contribution in [0.5, 0.6) is 0 Å². The molecule has 29 heavy (non-hydrogen) atoms. The van der Waals surface area contributed by atoms with Gasteiger partial charge in [-0.2, -0.15) is 0 Å². The molecule has 154 valence electrons. The van der Waals surface area contributed by atoms with E-state index in [1.54, 1.807) is 62.6 Å². The number of carbonyl (C=O) groups excluding carboxylic acids is 3. The Bertz CT molecular complexity index is 885. The molecule has 2 N–H and O–H groups in total. The summed E-state index contributed by atoms with van der Waals surface area (Å²) >= 11 is 7.17. The number of carbonyl (C=O) groups is 3. The summed E-state index contributed by atoms with van der Waals surface area (Å²) in [5.74, 6) is -0.863. The van der Waals surface area contributed by atoms with Gasteiger partial charge in [-0.3, -0.25) is 14.4 Å². The molecule has 0 fully saturated rings. The van der Waals surface area contributed by atoms with Crippen LogP contribution < -0.4 is 10.6 Å². The molecule has 0 heterocycles. The number of halogens is 1. The van der Waals surface area contributed by atoms with Crippen LogP contribution in [0.1, 0.15) is 24.2 Å². The van der Waals surface area contributed by atoms with Gasteiger partial charge in [-0.15, -0.1) is 0 Å². The average molecular weight is 434 g/mol. The number of amides is 3. The summed E-state index contributed by atoms with van der Waals surface area (Å²) in [4.78, 5) is 39.3. The van der Waals surface area contributed by atoms with Crippen molar-refractivity contribution in [3.63, 3.8) is 0 Å². The van der Waals surface area contributed by atoms with Crippen LogP contribution in [0.15, 0.2) is 53.4 Å². The van der Waals surface area contributed by atoms with E-state index in [0.717, 1.165) is 16.7 Å². The number of rotatable bonds is 6. The lowest BCUT2D eigenvalue weighted by Gasteiger charge is -2.22. The fourth-order valence-electron chi connectivity index (χ4n) is 2.42. The first-order chi connectivity index (χ1) is 13.7. The summed E-state index contributed by atoms with van der Waals surface area (Å²) in [5, 5.41) is 5.81. The third kappa shape index (κ3) is 6.51. The van der Waals surface area contributed by atoms with Gasteiger partial charge in [0.15, 0.2) is 0 Å². The molecule has 0 aliphatic carbocycles. The lowest BCUT2D eigenvalue weighted by Crippen LogP contribution is -2.47. The molecule has 0 aliphatic rings. The summed E-state index contributed by atoms with van der Waals surface area (Å²) in [7, 11) is 3.37. The predicted molar refractivity (Wildman–Crippen MR) is 118 cm³/mol. The minimum Gasteiger partial charge on any atom is -0.340 e. The normalized spacial score (nSPS) is 11.7. The maximum atomic E-state index is 12.7. The Balaban J connectivity index is 2.05. The molecule has 2 aromatic carbocycles. The fourth-order valence-corrected chi connectivity index (χ4v) is 3.30. The molecule has 8 heteroatoms. The molecule has 3 amide bonds. The molecule has 6 nitrogen and oxygen atoms in total. The van der Waals surface area contributed by atoms with Crippen molar-refractivity contribution in [1.29, 1.82) is 0 Å². The van der Waals surface area contributed by atoms with E-state index in [1.807, 2.05) is 13.8 Å². The Morgan fingerprint density at radius 1 is 1.00 bits per heavy atom. The lowest BCUT2D eigenvalue weighted by atomic mass is 10.0. The van der Waals surface area contributed by atoms with E-state index in [1.165, 1.54) is 4.90 Å². The van der Waals surface area contributed by atoms with Gasteiger partial charge in [0, 0.05) is 24.7 Å². The number of nitrogens with zero attached hydrogens (tertiary/aromatic N) is 1. The Kier molecular flexibility index (Phi) is 8.10. The van der Waals surface area contributed by atoms with Gasteiger partial charge in [-0.25, -0.2) is 0 Å². The lowest BCUT2D eigenvalue weighted by molar-refractivity contribution is -0.118. The summed E-state index contributed by atoms with van der Waals surface area (Å²) in [6.07, 6.45) is 0. The van der Waals surface area contributed by atoms with Gasteiger partial charge in [0.2, 0.25) is 5.91 Å². The highest BCUT2D eigenvalue weighted by atomic mass is 35.5. The Morgan fingerprint density at radius 3 is 2.17 bits per heavy atom. The maximum absolute atomic E-state index is 12.7. The van der Waals surface area contributed by atoms with Crippen LogP contribution >= 0.6 is 23.4 Å². The van der Waals surface area contributed by atoms with Gasteiger partial charge in [-0.1, -0.05) is 37.6 Å². The molecule has 1 unspecified atom stereocenters. The molecule has 0 saturated heterocycles. The SMILES string of the molecule is CC(C)C(NC(=O)c1ccccc1Cl)C(=O)Nc1ccc(SC(=O)N(C)C)cc1. The molecule has 0 saturated carbocycles. The van der Waals surface area contributed by atoms with Crippen molar-refractivity contribution in [3.05, 3.63) is 59.1 Å². The van der Waals surface area contributed by atoms with Crippen molar-refractivity contribution >= 4 is 46.1 Å². The van der Waals surface area contributed by atoms with E-state index in [9.17, 15) is 14.4 Å². The first-order valence-electron chi connectivity index (χ1n) is 9.04. The molecular formula is C21H24ClN3O3S. The van der Waals surface area contributed by atoms with Crippen molar-refractivity contribution < 1.29 is 14.4 Å². The van der Waals surface area contributed by atoms with Gasteiger partial charge in [0.25, 0.3) is 11.1 Å². The van der Waals surface area contributed by atoms with Gasteiger partial charge in [0.1, 0.15) is 6.04 Å². The van der Waals surface area contributed by atoms with E-state index in [4.69, 9.17) is 11.6 Å². The first-order valence-corrected chi connectivity index (χ1v) is 10.2. The second kappa shape index (κ2) is 10.3. The third-order valence-corrected chi connectivity index (χ3v) is 5.42. The van der Waals surface area contributed by atoms with Crippen molar-refractivity contribution in [1.82, 2.24) is 10.2 Å². The summed E-state index contributed by atoms with van der Waals surface area (Å²) < 4.78 is 0. The fraction of sp³-hybridized carbons (Fsp3) is 0.286. The number of anilines is 1. The summed E-state index contributed by atoms with van der Waals surface area (Å²) in [6.45, 7) is 3.70. The molecule has 0 aliphatic heterocycles. The standard InChI is InChI=1S/C21H24ClN3O3S/c1-13(2)18(24-19(26)16-7-5-6-8-17(16)22)20(27)23-14-9-11-15(12-10-14)29-21(28)25(3)4/h5-13,18H,1-4H3,(H,23,27)(H,24,26). The van der Waals surface area contributed by atoms with Crippen molar-refractivity contribution in [2.45, 2.75) is 24.8 Å². The molecule has 0 spiro atoms. The van der Waals surface area contributed by atoms with E-state index in [2.05, 4.69) is 10.6 Å². The highest BCUT2D eigenvalue weighted by Gasteiger charge is 2.25. The van der Waals surface area contributed by atoms with Crippen molar-refractivity contribution in [2.24, 2.45) is 5.92 Å². The van der Waals surface area contributed by atoms with E-state index < -0.39 is 11.9 Å². The number of thioether (sulfide) groups is 1. The molecular weight excluding hydrogens is 410 g/mol. The number of hydrogen-bond donors (Lipinski definition) is 2. The zero-order chi connectivity index (χ0) is 21.6. The third-order valence-electron chi connectivity index (χ3n) is 4.05. The molecule has 0 radical (unpaired) electrons. The average Bonchev–Trinajstić information content (AvgIpc) is 2.67. The smallest absolute Gasteiger partial charge is 0.285 e. The van der Waals surface area contributed by atoms with Crippen molar-refractivity contribution in [2.75, 3.05) is 19.4 Å². The van der Waals surface area contributed by atoms with Crippen LogP contribution in [-0.2, 0) is 4.79 Å². The molecule has 0 aromatic heterocycles. The highest BCUT2D eigenvalue weighted by Crippen LogP contribution is 2.23. The molecule has 0 bridgehead atoms. The van der Waals surface area contributed by atoms with Crippen LogP contribution in [0.4, 0.5) is 10.5 Å². The Morgan fingerprint density at radius 2 is 1.62 bits per heavy atom. The number of benzene rings is 2. The quantitative estimate of drug-likeness (QED) is 0.657. The molecule has 2 aromatic rings. The maximum Gasteiger partial charge on any atom is 0.285 e. The summed E-state index contributed by atoms with van der Waals surface area (Å²) in [6, 6.07) is 12.9. The van der Waals surface area contributed by atoms with Gasteiger partial charge in [0.05, 0.1) is 10.6 Å². The van der Waals surface area contributed by atoms with Crippen molar-refractivity contribution in [3.8, 4) is 0 Å². The van der Waals surface area contributed by atoms with E-state index in [0.29, 0.717) is 16.3 Å². The van der Waals surface area contributed by atoms with Crippen LogP contribution in [0.2, 0.25) is 5.02 Å². The Hall–Kier alpha value is -2.51. The van der Waals surface area contributed by atoms with Gasteiger partial charge < -0.3 is 15.5 Å². The minimum atomic E-state index is -0.733. The molecule has 1 atom stereocenters. The predicted octanol–water partition coefficient (Wildman–Crippen LogP) is 4.51. The van der Waals surface area contributed by atoms with E-state index in [-0.39, 0.29) is 17.1 Å². The van der Waals surface area contributed by atoms with Crippen LogP contribution in [0.3, 0.4) is 0 Å². The zero-order valence-corrected chi connectivity index (χ0v) is 18.3. The Labute approximate surface area is 180 Å². The number of nitrogens with one attached hydrogen (secondary N) is 2. The number of hydrogen-bond acceptors (Lipinski definition) is 4. The summed E-state index contributed by atoms with van der Waals surface area (Å²) in [5.41, 5.74) is 0.897. The largest absolute Gasteiger partial charge is 0.340 e. The van der Waals surface area contributed by atoms with Gasteiger partial charge >= 0.3 is 0 Å². The van der Waals surface area contributed by atoms with Gasteiger partial charge in [-0.05, 0) is 54.1 Å². The topological polar surface area (TPSA) is 78.5 Å². The molecule has 2 rings (SSSR count). The second-order valence-electron chi connectivity index (χ2n) is 6.95. The monoisotopic (exact) mass is 433 g/mol. The zero-order valence-electron chi connectivity index (χ0n) is 16.7. The highest BCUT2D eigenvalue weighted by molar-refractivity contribution is 8.13. The van der Waals surface area contributed by atoms with E-state index >= 15 is 0 Å². The minimum absolute atomic E-state index is 0.0797. The van der Waals surface area contributed by atoms with Crippen LogP contribution in [0.25, 0.3) is 0 Å². The van der Waals surface area contributed by atoms with Crippen LogP contribution in [0, 0.1) is 5.92 Å².